The highest BCUT2D eigenvalue weighted by molar-refractivity contribution is 8.27. The highest BCUT2D eigenvalue weighted by Crippen LogP contribution is 2.45. The maximum atomic E-state index is 13.4. The summed E-state index contributed by atoms with van der Waals surface area (Å²) in [6, 6.07) is 45.6. The number of carbonyl (C=O) groups excluding carboxylic acids is 2. The zero-order chi connectivity index (χ0) is 36.9. The molecular weight excluding hydrogens is 719 g/mol. The Labute approximate surface area is 322 Å². The molecule has 2 aliphatic rings. The fraction of sp³-hybridized carbons (Fsp3) is 0.116. The number of benzene rings is 5. The molecule has 2 aliphatic heterocycles. The fourth-order valence-electron chi connectivity index (χ4n) is 6.27. The molecule has 2 fully saturated rings. The number of rotatable bonds is 11. The van der Waals surface area contributed by atoms with Crippen molar-refractivity contribution < 1.29 is 19.5 Å². The summed E-state index contributed by atoms with van der Waals surface area (Å²) in [5.74, 6) is -1.75. The van der Waals surface area contributed by atoms with E-state index in [9.17, 15) is 19.5 Å². The number of thioether (sulfide) groups is 2. The van der Waals surface area contributed by atoms with Gasteiger partial charge in [-0.15, -0.1) is 0 Å². The third-order valence-electron chi connectivity index (χ3n) is 8.96. The molecule has 264 valence electrons. The maximum absolute atomic E-state index is 13.4. The second-order valence-electron chi connectivity index (χ2n) is 12.4. The Hall–Kier alpha value is -5.42. The Morgan fingerprint density at radius 3 is 1.75 bits per heavy atom. The van der Waals surface area contributed by atoms with Gasteiger partial charge in [0.25, 0.3) is 5.91 Å². The van der Waals surface area contributed by atoms with Gasteiger partial charge in [-0.05, 0) is 77.6 Å². The van der Waals surface area contributed by atoms with Gasteiger partial charge in [0.1, 0.15) is 15.8 Å². The maximum Gasteiger partial charge on any atom is 0.323 e. The number of anilines is 3. The summed E-state index contributed by atoms with van der Waals surface area (Å²) >= 11 is 7.71. The summed E-state index contributed by atoms with van der Waals surface area (Å²) in [7, 11) is 0. The number of likely N-dealkylation sites (N-methyl/N-ethyl adjacent to an activating group) is 1. The topological polar surface area (TPSA) is 81.2 Å². The van der Waals surface area contributed by atoms with E-state index in [1.807, 2.05) is 67.6 Å². The molecule has 0 aliphatic carbocycles. The molecule has 0 bridgehead atoms. The summed E-state index contributed by atoms with van der Waals surface area (Å²) in [6.07, 6.45) is 4.62. The lowest BCUT2D eigenvalue weighted by molar-refractivity contribution is -0.142. The molecular formula is C43H35N3O4S3. The number of nitrogens with zero attached hydrogens (tertiary/aromatic N) is 3. The second kappa shape index (κ2) is 16.1. The first-order valence-electron chi connectivity index (χ1n) is 17.1. The van der Waals surface area contributed by atoms with Crippen LogP contribution in [0, 0.1) is 0 Å². The molecule has 1 unspecified atom stereocenters. The second-order valence-corrected chi connectivity index (χ2v) is 15.3. The molecule has 2 heterocycles. The van der Waals surface area contributed by atoms with E-state index in [1.54, 1.807) is 0 Å². The lowest BCUT2D eigenvalue weighted by Crippen LogP contribution is -2.35. The Balaban J connectivity index is 1.01. The number of thiocarbonyl (C=S) groups is 1. The number of hydrogen-bond donors (Lipinski definition) is 1. The van der Waals surface area contributed by atoms with E-state index in [1.165, 1.54) is 21.6 Å². The summed E-state index contributed by atoms with van der Waals surface area (Å²) in [6.45, 7) is 1.73. The van der Waals surface area contributed by atoms with Crippen molar-refractivity contribution in [2.75, 3.05) is 18.0 Å². The first-order chi connectivity index (χ1) is 25.8. The van der Waals surface area contributed by atoms with Crippen LogP contribution in [0.4, 0.5) is 17.1 Å². The van der Waals surface area contributed by atoms with Crippen LogP contribution in [0.5, 0.6) is 0 Å². The van der Waals surface area contributed by atoms with Crippen LogP contribution >= 0.6 is 35.7 Å². The summed E-state index contributed by atoms with van der Waals surface area (Å²) in [5.41, 5.74) is 8.52. The Morgan fingerprint density at radius 2 is 1.25 bits per heavy atom. The lowest BCUT2D eigenvalue weighted by atomic mass is 10.0. The van der Waals surface area contributed by atoms with Gasteiger partial charge in [0, 0.05) is 23.6 Å². The Morgan fingerprint density at radius 1 is 0.736 bits per heavy atom. The van der Waals surface area contributed by atoms with Gasteiger partial charge in [0.05, 0.1) is 10.3 Å². The molecule has 5 aromatic carbocycles. The minimum absolute atomic E-state index is 0.288. The van der Waals surface area contributed by atoms with E-state index < -0.39 is 17.8 Å². The van der Waals surface area contributed by atoms with Gasteiger partial charge in [-0.3, -0.25) is 24.2 Å². The van der Waals surface area contributed by atoms with E-state index in [2.05, 4.69) is 89.8 Å². The van der Waals surface area contributed by atoms with E-state index >= 15 is 0 Å². The van der Waals surface area contributed by atoms with Crippen molar-refractivity contribution in [2.45, 2.75) is 18.6 Å². The molecule has 0 radical (unpaired) electrons. The smallest absolute Gasteiger partial charge is 0.323 e. The van der Waals surface area contributed by atoms with Gasteiger partial charge in [-0.1, -0.05) is 145 Å². The van der Waals surface area contributed by atoms with Gasteiger partial charge in [-0.25, -0.2) is 0 Å². The third-order valence-corrected chi connectivity index (χ3v) is 11.8. The van der Waals surface area contributed by atoms with Gasteiger partial charge in [0.15, 0.2) is 0 Å². The molecule has 2 saturated heterocycles. The van der Waals surface area contributed by atoms with Crippen molar-refractivity contribution in [1.82, 2.24) is 9.80 Å². The molecule has 2 amide bonds. The highest BCUT2D eigenvalue weighted by Gasteiger charge is 2.44. The summed E-state index contributed by atoms with van der Waals surface area (Å²) in [4.78, 5) is 43.3. The van der Waals surface area contributed by atoms with Crippen molar-refractivity contribution in [3.8, 4) is 11.1 Å². The minimum Gasteiger partial charge on any atom is -0.480 e. The minimum atomic E-state index is -1.14. The van der Waals surface area contributed by atoms with E-state index in [-0.39, 0.29) is 11.8 Å². The monoisotopic (exact) mass is 753 g/mol. The predicted molar refractivity (Wildman–Crippen MR) is 221 cm³/mol. The molecule has 0 spiro atoms. The quantitative estimate of drug-likeness (QED) is 0.0812. The molecule has 0 aromatic heterocycles. The number of amides is 2. The fourth-order valence-corrected chi connectivity index (χ4v) is 9.15. The number of carboxylic acids is 1. The van der Waals surface area contributed by atoms with Gasteiger partial charge < -0.3 is 10.0 Å². The van der Waals surface area contributed by atoms with Crippen LogP contribution in [-0.2, 0) is 20.8 Å². The Bertz CT molecular complexity index is 2170. The van der Waals surface area contributed by atoms with E-state index in [4.69, 9.17) is 12.2 Å². The van der Waals surface area contributed by atoms with Crippen molar-refractivity contribution >= 4 is 87.1 Å². The zero-order valence-corrected chi connectivity index (χ0v) is 31.2. The SMILES string of the molecule is CCN1C(=O)/C(=C2/SC(Cc3ccc(-c4ccc(/C=C/c5ccc(N(c6ccccc6)c6ccccc6)cc5)cc4)cc3)C(=O)N2CC(=O)O)SC1=S. The number of aliphatic carboxylic acids is 1. The zero-order valence-electron chi connectivity index (χ0n) is 28.8. The molecule has 1 atom stereocenters. The lowest BCUT2D eigenvalue weighted by Gasteiger charge is -2.25. The molecule has 7 nitrogen and oxygen atoms in total. The number of hydrogen-bond acceptors (Lipinski definition) is 7. The Kier molecular flexibility index (Phi) is 10.9. The normalized spacial score (nSPS) is 17.3. The van der Waals surface area contributed by atoms with Crippen LogP contribution < -0.4 is 4.90 Å². The number of carbonyl (C=O) groups is 3. The molecule has 1 N–H and O–H groups in total. The van der Waals surface area contributed by atoms with Gasteiger partial charge in [0.2, 0.25) is 5.91 Å². The average Bonchev–Trinajstić information content (AvgIpc) is 3.64. The molecule has 5 aromatic rings. The predicted octanol–water partition coefficient (Wildman–Crippen LogP) is 9.61. The third kappa shape index (κ3) is 8.00. The summed E-state index contributed by atoms with van der Waals surface area (Å²) < 4.78 is 0.409. The van der Waals surface area contributed by atoms with Crippen LogP contribution in [0.2, 0.25) is 0 Å². The number of para-hydroxylation sites is 2. The molecule has 53 heavy (non-hydrogen) atoms. The highest BCUT2D eigenvalue weighted by atomic mass is 32.2. The van der Waals surface area contributed by atoms with Crippen LogP contribution in [0.1, 0.15) is 23.6 Å². The molecule has 0 saturated carbocycles. The van der Waals surface area contributed by atoms with Crippen LogP contribution in [0.3, 0.4) is 0 Å². The summed E-state index contributed by atoms with van der Waals surface area (Å²) in [5, 5.41) is 9.34. The van der Waals surface area contributed by atoms with Crippen molar-refractivity contribution in [1.29, 1.82) is 0 Å². The van der Waals surface area contributed by atoms with E-state index in [0.29, 0.717) is 27.2 Å². The first-order valence-corrected chi connectivity index (χ1v) is 19.2. The first kappa shape index (κ1) is 36.0. The van der Waals surface area contributed by atoms with Gasteiger partial charge in [-0.2, -0.15) is 0 Å². The van der Waals surface area contributed by atoms with E-state index in [0.717, 1.165) is 56.6 Å². The van der Waals surface area contributed by atoms with Crippen LogP contribution in [0.25, 0.3) is 23.3 Å². The standard InChI is InChI=1S/C43H35N3O4S3/c1-2-44-41(50)39(53-43(44)51)42-45(28-38(47)48)40(49)37(52-42)27-31-17-23-33(24-18-31)32-21-15-29(16-22-32)13-14-30-19-25-36(26-20-30)46(34-9-5-3-6-10-34)35-11-7-4-8-12-35/h3-26,37H,2,27-28H2,1H3,(H,47,48)/b14-13+,42-39-. The average molecular weight is 754 g/mol. The number of carboxylic acid groups (broad SMARTS) is 1. The van der Waals surface area contributed by atoms with Crippen molar-refractivity contribution in [3.05, 3.63) is 160 Å². The van der Waals surface area contributed by atoms with Gasteiger partial charge >= 0.3 is 5.97 Å². The van der Waals surface area contributed by atoms with Crippen LogP contribution in [0.15, 0.2) is 143 Å². The molecule has 7 rings (SSSR count). The van der Waals surface area contributed by atoms with Crippen molar-refractivity contribution in [3.63, 3.8) is 0 Å². The van der Waals surface area contributed by atoms with Crippen LogP contribution in [-0.4, -0.2) is 55.3 Å². The molecule has 10 heteroatoms. The van der Waals surface area contributed by atoms with Crippen molar-refractivity contribution in [2.24, 2.45) is 0 Å². The largest absolute Gasteiger partial charge is 0.480 e.